The van der Waals surface area contributed by atoms with Crippen LogP contribution in [-0.4, -0.2) is 56.8 Å². The fourth-order valence-electron chi connectivity index (χ4n) is 4.35. The lowest BCUT2D eigenvalue weighted by atomic mass is 10.0. The Morgan fingerprint density at radius 3 is 2.47 bits per heavy atom. The number of nitrogens with zero attached hydrogens (tertiary/aromatic N) is 5. The van der Waals surface area contributed by atoms with E-state index in [4.69, 9.17) is 5.73 Å². The minimum Gasteiger partial charge on any atom is -0.383 e. The number of pyridine rings is 1. The summed E-state index contributed by atoms with van der Waals surface area (Å²) in [5, 5.41) is 1.80. The van der Waals surface area contributed by atoms with Crippen molar-refractivity contribution in [3.63, 3.8) is 0 Å². The average molecular weight is 427 g/mol. The summed E-state index contributed by atoms with van der Waals surface area (Å²) < 4.78 is 0. The standard InChI is InChI=1S/C25H26N6O/c1-16-7-8-22-19(13-16)20(14-17(2)27-22)25(32)31-11-9-30(10-12-31)15-23-28-21-6-4-3-5-18(21)24(26)29-23/h3-8,13-14H,9-12,15H2,1-2H3,(H2,26,28,29). The van der Waals surface area contributed by atoms with Gasteiger partial charge in [-0.2, -0.15) is 0 Å². The normalized spacial score (nSPS) is 14.9. The van der Waals surface area contributed by atoms with E-state index >= 15 is 0 Å². The van der Waals surface area contributed by atoms with Crippen LogP contribution in [0, 0.1) is 13.8 Å². The van der Waals surface area contributed by atoms with Gasteiger partial charge in [0.25, 0.3) is 5.91 Å². The lowest BCUT2D eigenvalue weighted by molar-refractivity contribution is 0.0627. The third kappa shape index (κ3) is 3.87. The highest BCUT2D eigenvalue weighted by Crippen LogP contribution is 2.23. The van der Waals surface area contributed by atoms with Crippen LogP contribution in [-0.2, 0) is 6.54 Å². The van der Waals surface area contributed by atoms with Gasteiger partial charge in [0.2, 0.25) is 0 Å². The second-order valence-electron chi connectivity index (χ2n) is 8.44. The number of fused-ring (bicyclic) bond motifs is 2. The molecule has 1 aliphatic heterocycles. The molecule has 32 heavy (non-hydrogen) atoms. The number of aryl methyl sites for hydroxylation is 2. The van der Waals surface area contributed by atoms with Crippen LogP contribution in [0.25, 0.3) is 21.8 Å². The summed E-state index contributed by atoms with van der Waals surface area (Å²) in [4.78, 5) is 31.3. The van der Waals surface area contributed by atoms with Gasteiger partial charge < -0.3 is 10.6 Å². The topological polar surface area (TPSA) is 88.2 Å². The van der Waals surface area contributed by atoms with Gasteiger partial charge in [-0.25, -0.2) is 9.97 Å². The Hall–Kier alpha value is -3.58. The molecule has 1 saturated heterocycles. The molecule has 1 fully saturated rings. The van der Waals surface area contributed by atoms with E-state index in [1.54, 1.807) is 0 Å². The summed E-state index contributed by atoms with van der Waals surface area (Å²) in [6.07, 6.45) is 0. The van der Waals surface area contributed by atoms with Gasteiger partial charge in [0.1, 0.15) is 11.6 Å². The van der Waals surface area contributed by atoms with E-state index in [0.29, 0.717) is 31.3 Å². The predicted octanol–water partition coefficient (Wildman–Crippen LogP) is 3.34. The molecule has 2 aromatic carbocycles. The Morgan fingerprint density at radius 2 is 1.66 bits per heavy atom. The van der Waals surface area contributed by atoms with E-state index in [0.717, 1.165) is 51.7 Å². The molecule has 7 heteroatoms. The number of hydrogen-bond donors (Lipinski definition) is 1. The second-order valence-corrected chi connectivity index (χ2v) is 8.44. The zero-order chi connectivity index (χ0) is 22.2. The molecular formula is C25H26N6O. The van der Waals surface area contributed by atoms with Crippen LogP contribution >= 0.6 is 0 Å². The molecule has 7 nitrogen and oxygen atoms in total. The predicted molar refractivity (Wildman–Crippen MR) is 126 cm³/mol. The van der Waals surface area contributed by atoms with Gasteiger partial charge in [-0.3, -0.25) is 14.7 Å². The van der Waals surface area contributed by atoms with Crippen molar-refractivity contribution in [3.05, 3.63) is 71.2 Å². The molecule has 0 saturated carbocycles. The molecule has 162 valence electrons. The van der Waals surface area contributed by atoms with Gasteiger partial charge in [0, 0.05) is 42.6 Å². The van der Waals surface area contributed by atoms with Crippen molar-refractivity contribution in [3.8, 4) is 0 Å². The largest absolute Gasteiger partial charge is 0.383 e. The number of rotatable bonds is 3. The quantitative estimate of drug-likeness (QED) is 0.541. The Kier molecular flexibility index (Phi) is 5.19. The van der Waals surface area contributed by atoms with Gasteiger partial charge in [-0.05, 0) is 44.2 Å². The summed E-state index contributed by atoms with van der Waals surface area (Å²) in [6.45, 7) is 7.45. The van der Waals surface area contributed by atoms with Crippen LogP contribution in [0.5, 0.6) is 0 Å². The van der Waals surface area contributed by atoms with Crippen LogP contribution in [0.3, 0.4) is 0 Å². The van der Waals surface area contributed by atoms with Crippen LogP contribution in [0.4, 0.5) is 5.82 Å². The molecule has 4 aromatic rings. The Bertz CT molecular complexity index is 1330. The number of piperazine rings is 1. The number of hydrogen-bond acceptors (Lipinski definition) is 6. The number of carbonyl (C=O) groups is 1. The smallest absolute Gasteiger partial charge is 0.254 e. The number of para-hydroxylation sites is 1. The molecule has 3 heterocycles. The van der Waals surface area contributed by atoms with Crippen molar-refractivity contribution < 1.29 is 4.79 Å². The summed E-state index contributed by atoms with van der Waals surface area (Å²) in [6, 6.07) is 15.8. The molecule has 0 unspecified atom stereocenters. The second kappa shape index (κ2) is 8.16. The fourth-order valence-corrected chi connectivity index (χ4v) is 4.35. The number of aromatic nitrogens is 3. The number of carbonyl (C=O) groups excluding carboxylic acids is 1. The van der Waals surface area contributed by atoms with Gasteiger partial charge in [0.15, 0.2) is 0 Å². The molecule has 2 aromatic heterocycles. The van der Waals surface area contributed by atoms with Gasteiger partial charge in [0.05, 0.1) is 23.1 Å². The van der Waals surface area contributed by atoms with E-state index in [1.807, 2.05) is 67.3 Å². The minimum atomic E-state index is 0.0666. The van der Waals surface area contributed by atoms with Gasteiger partial charge >= 0.3 is 0 Å². The van der Waals surface area contributed by atoms with Crippen molar-refractivity contribution in [2.24, 2.45) is 0 Å². The number of nitrogen functional groups attached to an aromatic ring is 1. The highest BCUT2D eigenvalue weighted by molar-refractivity contribution is 6.06. The fraction of sp³-hybridized carbons (Fsp3) is 0.280. The Balaban J connectivity index is 1.31. The zero-order valence-electron chi connectivity index (χ0n) is 18.4. The molecule has 1 aliphatic rings. The van der Waals surface area contributed by atoms with E-state index in [2.05, 4.69) is 19.9 Å². The average Bonchev–Trinajstić information content (AvgIpc) is 2.79. The highest BCUT2D eigenvalue weighted by atomic mass is 16.2. The van der Waals surface area contributed by atoms with E-state index < -0.39 is 0 Å². The van der Waals surface area contributed by atoms with Crippen LogP contribution in [0.15, 0.2) is 48.5 Å². The van der Waals surface area contributed by atoms with Crippen molar-refractivity contribution in [2.45, 2.75) is 20.4 Å². The summed E-state index contributed by atoms with van der Waals surface area (Å²) in [5.74, 6) is 1.29. The molecular weight excluding hydrogens is 400 g/mol. The summed E-state index contributed by atoms with van der Waals surface area (Å²) >= 11 is 0. The Labute approximate surface area is 186 Å². The Morgan fingerprint density at radius 1 is 0.906 bits per heavy atom. The van der Waals surface area contributed by atoms with E-state index in [9.17, 15) is 4.79 Å². The minimum absolute atomic E-state index is 0.0666. The monoisotopic (exact) mass is 426 g/mol. The molecule has 0 atom stereocenters. The van der Waals surface area contributed by atoms with Gasteiger partial charge in [-0.15, -0.1) is 0 Å². The van der Waals surface area contributed by atoms with Crippen LogP contribution in [0.1, 0.15) is 27.4 Å². The molecule has 0 spiro atoms. The van der Waals surface area contributed by atoms with Crippen molar-refractivity contribution in [2.75, 3.05) is 31.9 Å². The maximum atomic E-state index is 13.4. The van der Waals surface area contributed by atoms with Crippen molar-refractivity contribution in [1.82, 2.24) is 24.8 Å². The first-order chi connectivity index (χ1) is 15.5. The maximum absolute atomic E-state index is 13.4. The molecule has 1 amide bonds. The van der Waals surface area contributed by atoms with Crippen LogP contribution < -0.4 is 5.73 Å². The third-order valence-corrected chi connectivity index (χ3v) is 6.03. The molecule has 0 aliphatic carbocycles. The first-order valence-electron chi connectivity index (χ1n) is 10.9. The summed E-state index contributed by atoms with van der Waals surface area (Å²) in [5.41, 5.74) is 10.6. The number of nitrogens with two attached hydrogens (primary N) is 1. The third-order valence-electron chi connectivity index (χ3n) is 6.03. The number of amides is 1. The number of benzene rings is 2. The lowest BCUT2D eigenvalue weighted by Crippen LogP contribution is -2.48. The van der Waals surface area contributed by atoms with E-state index in [1.165, 1.54) is 0 Å². The SMILES string of the molecule is Cc1ccc2nc(C)cc(C(=O)N3CCN(Cc4nc(N)c5ccccc5n4)CC3)c2c1. The first kappa shape index (κ1) is 20.3. The highest BCUT2D eigenvalue weighted by Gasteiger charge is 2.24. The number of anilines is 1. The van der Waals surface area contributed by atoms with E-state index in [-0.39, 0.29) is 5.91 Å². The van der Waals surface area contributed by atoms with Gasteiger partial charge in [-0.1, -0.05) is 23.8 Å². The molecule has 2 N–H and O–H groups in total. The molecule has 0 radical (unpaired) electrons. The van der Waals surface area contributed by atoms with Crippen LogP contribution in [0.2, 0.25) is 0 Å². The first-order valence-corrected chi connectivity index (χ1v) is 10.9. The molecule has 0 bridgehead atoms. The molecule has 5 rings (SSSR count). The zero-order valence-corrected chi connectivity index (χ0v) is 18.4. The van der Waals surface area contributed by atoms with Crippen molar-refractivity contribution in [1.29, 1.82) is 0 Å². The summed E-state index contributed by atoms with van der Waals surface area (Å²) in [7, 11) is 0. The maximum Gasteiger partial charge on any atom is 0.254 e. The van der Waals surface area contributed by atoms with Crippen molar-refractivity contribution >= 4 is 33.5 Å². The lowest BCUT2D eigenvalue weighted by Gasteiger charge is -2.34.